The van der Waals surface area contributed by atoms with Crippen molar-refractivity contribution in [2.45, 2.75) is 25.8 Å². The number of aryl methyl sites for hydroxylation is 1. The fraction of sp³-hybridized carbons (Fsp3) is 0.615. The number of H-pyrrole nitrogens is 1. The molecule has 0 aromatic carbocycles. The van der Waals surface area contributed by atoms with Crippen molar-refractivity contribution in [3.8, 4) is 0 Å². The van der Waals surface area contributed by atoms with Crippen molar-refractivity contribution in [3.63, 3.8) is 0 Å². The third-order valence-electron chi connectivity index (χ3n) is 4.48. The van der Waals surface area contributed by atoms with E-state index in [-0.39, 0.29) is 5.69 Å². The molecule has 2 aromatic rings. The number of aromatic amines is 1. The summed E-state index contributed by atoms with van der Waals surface area (Å²) in [4.78, 5) is 18.5. The number of hydrogen-bond donors (Lipinski definition) is 2. The summed E-state index contributed by atoms with van der Waals surface area (Å²) in [6, 6.07) is 2.46. The lowest BCUT2D eigenvalue weighted by Crippen LogP contribution is -2.40. The van der Waals surface area contributed by atoms with E-state index in [0.717, 1.165) is 25.5 Å². The Kier molecular flexibility index (Phi) is 2.56. The lowest BCUT2D eigenvalue weighted by atomic mass is 9.94. The van der Waals surface area contributed by atoms with Gasteiger partial charge in [0.05, 0.1) is 0 Å². The molecule has 7 nitrogen and oxygen atoms in total. The van der Waals surface area contributed by atoms with E-state index in [2.05, 4.69) is 25.4 Å². The Morgan fingerprint density at radius 1 is 1.40 bits per heavy atom. The van der Waals surface area contributed by atoms with Gasteiger partial charge >= 0.3 is 5.69 Å². The van der Waals surface area contributed by atoms with Crippen LogP contribution in [0.4, 0.5) is 5.82 Å². The van der Waals surface area contributed by atoms with E-state index in [4.69, 9.17) is 0 Å². The molecule has 2 saturated heterocycles. The van der Waals surface area contributed by atoms with Gasteiger partial charge in [0.2, 0.25) is 0 Å². The second kappa shape index (κ2) is 4.31. The normalized spacial score (nSPS) is 26.1. The molecule has 2 aliphatic heterocycles. The lowest BCUT2D eigenvalue weighted by Gasteiger charge is -2.24. The number of aromatic nitrogens is 4. The fourth-order valence-corrected chi connectivity index (χ4v) is 3.48. The maximum atomic E-state index is 11.6. The van der Waals surface area contributed by atoms with Crippen LogP contribution in [0.2, 0.25) is 0 Å². The molecule has 4 heterocycles. The first-order valence-electron chi connectivity index (χ1n) is 7.15. The molecule has 2 aliphatic rings. The number of hydrogen-bond acceptors (Lipinski definition) is 5. The smallest absolute Gasteiger partial charge is 0.349 e. The van der Waals surface area contributed by atoms with E-state index in [0.29, 0.717) is 23.4 Å². The summed E-state index contributed by atoms with van der Waals surface area (Å²) in [7, 11) is 0. The van der Waals surface area contributed by atoms with Crippen LogP contribution in [0.5, 0.6) is 0 Å². The molecule has 0 bridgehead atoms. The van der Waals surface area contributed by atoms with Crippen LogP contribution in [0.3, 0.4) is 0 Å². The van der Waals surface area contributed by atoms with Gasteiger partial charge < -0.3 is 10.2 Å². The molecule has 20 heavy (non-hydrogen) atoms. The maximum absolute atomic E-state index is 11.6. The summed E-state index contributed by atoms with van der Waals surface area (Å²) in [5.41, 5.74) is 0.411. The van der Waals surface area contributed by atoms with Crippen LogP contribution >= 0.6 is 0 Å². The molecule has 0 unspecified atom stereocenters. The molecule has 2 atom stereocenters. The molecule has 0 amide bonds. The average Bonchev–Trinajstić information content (AvgIpc) is 3.02. The summed E-state index contributed by atoms with van der Waals surface area (Å²) >= 11 is 0. The van der Waals surface area contributed by atoms with Crippen LogP contribution in [0.1, 0.15) is 18.7 Å². The first kappa shape index (κ1) is 11.9. The minimum atomic E-state index is -0.228. The zero-order valence-electron chi connectivity index (χ0n) is 11.5. The lowest BCUT2D eigenvalue weighted by molar-refractivity contribution is 0.340. The molecule has 7 heteroatoms. The zero-order valence-corrected chi connectivity index (χ0v) is 11.5. The molecule has 0 saturated carbocycles. The predicted octanol–water partition coefficient (Wildman–Crippen LogP) is -0.0858. The van der Waals surface area contributed by atoms with Gasteiger partial charge in [-0.25, -0.2) is 19.3 Å². The molecule has 2 fully saturated rings. The summed E-state index contributed by atoms with van der Waals surface area (Å²) in [6.07, 6.45) is 2.55. The van der Waals surface area contributed by atoms with Crippen LogP contribution in [-0.2, 0) is 0 Å². The Bertz CT molecular complexity index is 690. The van der Waals surface area contributed by atoms with E-state index in [1.54, 1.807) is 0 Å². The Morgan fingerprint density at radius 3 is 3.15 bits per heavy atom. The second-order valence-corrected chi connectivity index (χ2v) is 5.75. The van der Waals surface area contributed by atoms with Gasteiger partial charge in [0, 0.05) is 25.2 Å². The van der Waals surface area contributed by atoms with Crippen molar-refractivity contribution in [2.24, 2.45) is 5.92 Å². The largest absolute Gasteiger partial charge is 0.355 e. The second-order valence-electron chi connectivity index (χ2n) is 5.75. The van der Waals surface area contributed by atoms with Crippen molar-refractivity contribution in [2.75, 3.05) is 24.5 Å². The first-order valence-corrected chi connectivity index (χ1v) is 7.15. The highest BCUT2D eigenvalue weighted by atomic mass is 16.1. The number of piperidine rings is 1. The molecule has 0 radical (unpaired) electrons. The van der Waals surface area contributed by atoms with E-state index in [1.165, 1.54) is 17.2 Å². The molecule has 0 aliphatic carbocycles. The van der Waals surface area contributed by atoms with Crippen molar-refractivity contribution in [1.29, 1.82) is 0 Å². The van der Waals surface area contributed by atoms with Crippen molar-refractivity contribution in [1.82, 2.24) is 24.9 Å². The van der Waals surface area contributed by atoms with E-state index in [1.807, 2.05) is 13.0 Å². The standard InChI is InChI=1S/C13H18N6O/c1-8-15-11(5-12-16-17-13(20)19(8)12)18-6-9-3-2-4-14-10(9)7-18/h5,9-10,14H,2-4,6-7H2,1H3,(H,17,20)/t9-,10+/m0/s1. The van der Waals surface area contributed by atoms with Gasteiger partial charge in [-0.1, -0.05) is 0 Å². The SMILES string of the molecule is Cc1nc(N2C[C@@H]3CCCN[C@@H]3C2)cc2n[nH]c(=O)n12. The van der Waals surface area contributed by atoms with Gasteiger partial charge in [0.15, 0.2) is 5.65 Å². The van der Waals surface area contributed by atoms with Crippen LogP contribution in [0.25, 0.3) is 5.65 Å². The Balaban J connectivity index is 1.70. The number of fused-ring (bicyclic) bond motifs is 2. The first-order chi connectivity index (χ1) is 9.72. The number of nitrogens with zero attached hydrogens (tertiary/aromatic N) is 4. The summed E-state index contributed by atoms with van der Waals surface area (Å²) < 4.78 is 1.50. The Morgan fingerprint density at radius 2 is 2.30 bits per heavy atom. The summed E-state index contributed by atoms with van der Waals surface area (Å²) in [5.74, 6) is 2.31. The van der Waals surface area contributed by atoms with Gasteiger partial charge in [0.25, 0.3) is 0 Å². The highest BCUT2D eigenvalue weighted by Gasteiger charge is 2.35. The van der Waals surface area contributed by atoms with Gasteiger partial charge in [-0.15, -0.1) is 0 Å². The highest BCUT2D eigenvalue weighted by Crippen LogP contribution is 2.28. The van der Waals surface area contributed by atoms with E-state index in [9.17, 15) is 4.79 Å². The maximum Gasteiger partial charge on any atom is 0.349 e. The van der Waals surface area contributed by atoms with Crippen molar-refractivity contribution in [3.05, 3.63) is 22.4 Å². The monoisotopic (exact) mass is 274 g/mol. The van der Waals surface area contributed by atoms with Crippen LogP contribution in [-0.4, -0.2) is 45.3 Å². The highest BCUT2D eigenvalue weighted by molar-refractivity contribution is 5.52. The zero-order chi connectivity index (χ0) is 13.7. The molecule has 2 N–H and O–H groups in total. The average molecular weight is 274 g/mol. The Hall–Kier alpha value is -1.89. The fourth-order valence-electron chi connectivity index (χ4n) is 3.48. The van der Waals surface area contributed by atoms with Crippen LogP contribution in [0.15, 0.2) is 10.9 Å². The van der Waals surface area contributed by atoms with E-state index < -0.39 is 0 Å². The van der Waals surface area contributed by atoms with Crippen LogP contribution in [0, 0.1) is 12.8 Å². The third-order valence-corrected chi connectivity index (χ3v) is 4.48. The van der Waals surface area contributed by atoms with Gasteiger partial charge in [-0.05, 0) is 32.2 Å². The van der Waals surface area contributed by atoms with Crippen molar-refractivity contribution < 1.29 is 0 Å². The number of anilines is 1. The molecule has 0 spiro atoms. The predicted molar refractivity (Wildman–Crippen MR) is 75.1 cm³/mol. The number of nitrogens with one attached hydrogen (secondary N) is 2. The minimum absolute atomic E-state index is 0.228. The van der Waals surface area contributed by atoms with Crippen molar-refractivity contribution >= 4 is 11.5 Å². The van der Waals surface area contributed by atoms with Gasteiger partial charge in [0.1, 0.15) is 11.6 Å². The summed E-state index contributed by atoms with van der Waals surface area (Å²) in [6.45, 7) is 4.99. The minimum Gasteiger partial charge on any atom is -0.355 e. The van der Waals surface area contributed by atoms with E-state index >= 15 is 0 Å². The topological polar surface area (TPSA) is 78.3 Å². The number of rotatable bonds is 1. The molecule has 106 valence electrons. The van der Waals surface area contributed by atoms with Crippen LogP contribution < -0.4 is 15.9 Å². The molecule has 4 rings (SSSR count). The molecular weight excluding hydrogens is 256 g/mol. The van der Waals surface area contributed by atoms with Gasteiger partial charge in [-0.3, -0.25) is 0 Å². The molecule has 2 aromatic heterocycles. The summed E-state index contributed by atoms with van der Waals surface area (Å²) in [5, 5.41) is 10.1. The Labute approximate surface area is 116 Å². The quantitative estimate of drug-likeness (QED) is 0.760. The van der Waals surface area contributed by atoms with Gasteiger partial charge in [-0.2, -0.15) is 5.10 Å². The third kappa shape index (κ3) is 1.73. The molecular formula is C13H18N6O.